The van der Waals surface area contributed by atoms with Gasteiger partial charge in [0.25, 0.3) is 5.91 Å². The third-order valence-electron chi connectivity index (χ3n) is 2.56. The molecule has 102 valence electrons. The van der Waals surface area contributed by atoms with E-state index in [1.807, 2.05) is 0 Å². The van der Waals surface area contributed by atoms with Crippen molar-refractivity contribution in [3.05, 3.63) is 69.8 Å². The van der Waals surface area contributed by atoms with Gasteiger partial charge in [0.05, 0.1) is 17.2 Å². The van der Waals surface area contributed by atoms with Gasteiger partial charge in [0, 0.05) is 17.8 Å². The number of nitrogens with one attached hydrogen (secondary N) is 1. The minimum absolute atomic E-state index is 0.0176. The molecule has 0 saturated carbocycles. The number of nitro benzene ring substituents is 1. The second kappa shape index (κ2) is 5.87. The number of carbonyl (C=O) groups is 1. The molecule has 0 fully saturated rings. The number of nitrogens with zero attached hydrogens (tertiary/aromatic N) is 2. The second-order valence-corrected chi connectivity index (χ2v) is 3.93. The van der Waals surface area contributed by atoms with E-state index in [9.17, 15) is 19.3 Å². The summed E-state index contributed by atoms with van der Waals surface area (Å²) in [6.45, 7) is 0.193. The van der Waals surface area contributed by atoms with Crippen LogP contribution in [0.4, 0.5) is 10.1 Å². The van der Waals surface area contributed by atoms with Crippen LogP contribution in [0.5, 0.6) is 0 Å². The Morgan fingerprint density at radius 3 is 2.75 bits per heavy atom. The number of carbonyl (C=O) groups excluding carboxylic acids is 1. The van der Waals surface area contributed by atoms with Crippen LogP contribution < -0.4 is 5.32 Å². The number of aromatic nitrogens is 1. The quantitative estimate of drug-likeness (QED) is 0.683. The highest BCUT2D eigenvalue weighted by molar-refractivity contribution is 5.94. The third-order valence-corrected chi connectivity index (χ3v) is 2.56. The lowest BCUT2D eigenvalue weighted by Gasteiger charge is -2.05. The van der Waals surface area contributed by atoms with Gasteiger partial charge in [0.2, 0.25) is 5.82 Å². The predicted molar refractivity (Wildman–Crippen MR) is 68.5 cm³/mol. The van der Waals surface area contributed by atoms with E-state index in [-0.39, 0.29) is 12.1 Å². The Kier molecular flexibility index (Phi) is 3.99. The molecule has 0 unspecified atom stereocenters. The molecule has 0 atom stereocenters. The maximum atomic E-state index is 13.4. The van der Waals surface area contributed by atoms with E-state index < -0.39 is 22.3 Å². The van der Waals surface area contributed by atoms with Gasteiger partial charge in [-0.05, 0) is 24.3 Å². The van der Waals surface area contributed by atoms with Gasteiger partial charge in [-0.1, -0.05) is 6.07 Å². The summed E-state index contributed by atoms with van der Waals surface area (Å²) in [5, 5.41) is 13.0. The number of amides is 1. The first-order valence-electron chi connectivity index (χ1n) is 5.70. The Labute approximate surface area is 113 Å². The number of hydrogen-bond donors (Lipinski definition) is 1. The second-order valence-electron chi connectivity index (χ2n) is 3.93. The highest BCUT2D eigenvalue weighted by Crippen LogP contribution is 2.17. The minimum atomic E-state index is -1.04. The van der Waals surface area contributed by atoms with Crippen molar-refractivity contribution in [1.29, 1.82) is 0 Å². The van der Waals surface area contributed by atoms with Crippen molar-refractivity contribution in [2.45, 2.75) is 6.54 Å². The summed E-state index contributed by atoms with van der Waals surface area (Å²) in [6, 6.07) is 8.26. The van der Waals surface area contributed by atoms with E-state index >= 15 is 0 Å². The lowest BCUT2D eigenvalue weighted by molar-refractivity contribution is -0.387. The average Bonchev–Trinajstić information content (AvgIpc) is 2.45. The van der Waals surface area contributed by atoms with Crippen LogP contribution in [-0.4, -0.2) is 15.8 Å². The van der Waals surface area contributed by atoms with Crippen molar-refractivity contribution in [3.8, 4) is 0 Å². The van der Waals surface area contributed by atoms with E-state index in [2.05, 4.69) is 10.3 Å². The summed E-state index contributed by atoms with van der Waals surface area (Å²) in [5.41, 5.74) is 0.0125. The Balaban J connectivity index is 2.06. The van der Waals surface area contributed by atoms with Gasteiger partial charge in [0.1, 0.15) is 0 Å². The van der Waals surface area contributed by atoms with Gasteiger partial charge >= 0.3 is 5.69 Å². The van der Waals surface area contributed by atoms with Gasteiger partial charge < -0.3 is 5.32 Å². The molecule has 6 nitrogen and oxygen atoms in total. The third kappa shape index (κ3) is 3.14. The van der Waals surface area contributed by atoms with Gasteiger partial charge in [-0.15, -0.1) is 0 Å². The summed E-state index contributed by atoms with van der Waals surface area (Å²) in [4.78, 5) is 25.4. The van der Waals surface area contributed by atoms with E-state index in [4.69, 9.17) is 0 Å². The van der Waals surface area contributed by atoms with Gasteiger partial charge in [0.15, 0.2) is 0 Å². The van der Waals surface area contributed by atoms with Gasteiger partial charge in [-0.3, -0.25) is 19.9 Å². The zero-order chi connectivity index (χ0) is 14.5. The molecule has 0 bridgehead atoms. The molecule has 1 heterocycles. The topological polar surface area (TPSA) is 85.1 Å². The fourth-order valence-electron chi connectivity index (χ4n) is 1.57. The lowest BCUT2D eigenvalue weighted by atomic mass is 10.2. The first-order chi connectivity index (χ1) is 9.58. The largest absolute Gasteiger partial charge is 0.346 e. The molecule has 1 amide bonds. The molecule has 0 aliphatic rings. The van der Waals surface area contributed by atoms with Gasteiger partial charge in [-0.25, -0.2) is 0 Å². The molecule has 0 saturated heterocycles. The number of hydrogen-bond acceptors (Lipinski definition) is 4. The highest BCUT2D eigenvalue weighted by Gasteiger charge is 2.16. The smallest absolute Gasteiger partial charge is 0.304 e. The number of benzene rings is 1. The number of nitro groups is 1. The van der Waals surface area contributed by atoms with E-state index in [1.54, 1.807) is 24.4 Å². The normalized spacial score (nSPS) is 10.1. The van der Waals surface area contributed by atoms with Crippen LogP contribution in [0.2, 0.25) is 0 Å². The Morgan fingerprint density at radius 2 is 2.15 bits per heavy atom. The van der Waals surface area contributed by atoms with Crippen molar-refractivity contribution in [3.63, 3.8) is 0 Å². The highest BCUT2D eigenvalue weighted by atomic mass is 19.1. The minimum Gasteiger partial charge on any atom is -0.346 e. The SMILES string of the molecule is O=C(NCc1ccccn1)c1ccc([N+](=O)[O-])c(F)c1. The Hall–Kier alpha value is -2.83. The molecule has 0 spiro atoms. The fourth-order valence-corrected chi connectivity index (χ4v) is 1.57. The monoisotopic (exact) mass is 275 g/mol. The van der Waals surface area contributed by atoms with Crippen LogP contribution in [0, 0.1) is 15.9 Å². The molecule has 7 heteroatoms. The molecule has 0 radical (unpaired) electrons. The van der Waals surface area contributed by atoms with Crippen LogP contribution in [0.25, 0.3) is 0 Å². The molecular weight excluding hydrogens is 265 g/mol. The maximum Gasteiger partial charge on any atom is 0.304 e. The van der Waals surface area contributed by atoms with E-state index in [0.717, 1.165) is 12.1 Å². The molecular formula is C13H10FN3O3. The van der Waals surface area contributed by atoms with Crippen molar-refractivity contribution >= 4 is 11.6 Å². The average molecular weight is 275 g/mol. The van der Waals surface area contributed by atoms with Crippen LogP contribution >= 0.6 is 0 Å². The van der Waals surface area contributed by atoms with Crippen LogP contribution in [0.3, 0.4) is 0 Å². The lowest BCUT2D eigenvalue weighted by Crippen LogP contribution is -2.23. The summed E-state index contributed by atoms with van der Waals surface area (Å²) in [5.74, 6) is -1.56. The van der Waals surface area contributed by atoms with E-state index in [0.29, 0.717) is 5.69 Å². The Bertz CT molecular complexity index is 647. The Morgan fingerprint density at radius 1 is 1.35 bits per heavy atom. The van der Waals surface area contributed by atoms with Crippen molar-refractivity contribution in [2.75, 3.05) is 0 Å². The van der Waals surface area contributed by atoms with Crippen LogP contribution in [0.15, 0.2) is 42.6 Å². The molecule has 1 aromatic carbocycles. The molecule has 0 aliphatic carbocycles. The zero-order valence-corrected chi connectivity index (χ0v) is 10.2. The van der Waals surface area contributed by atoms with Crippen LogP contribution in [0.1, 0.15) is 16.1 Å². The number of rotatable bonds is 4. The summed E-state index contributed by atoms with van der Waals surface area (Å²) < 4.78 is 13.4. The molecule has 1 N–H and O–H groups in total. The zero-order valence-electron chi connectivity index (χ0n) is 10.2. The molecule has 2 rings (SSSR count). The first-order valence-corrected chi connectivity index (χ1v) is 5.70. The van der Waals surface area contributed by atoms with Crippen molar-refractivity contribution < 1.29 is 14.1 Å². The fraction of sp³-hybridized carbons (Fsp3) is 0.0769. The maximum absolute atomic E-state index is 13.4. The number of halogens is 1. The standard InChI is InChI=1S/C13H10FN3O3/c14-11-7-9(4-5-12(11)17(19)20)13(18)16-8-10-3-1-2-6-15-10/h1-7H,8H2,(H,16,18). The molecule has 0 aliphatic heterocycles. The number of pyridine rings is 1. The predicted octanol–water partition coefficient (Wildman–Crippen LogP) is 2.06. The van der Waals surface area contributed by atoms with Crippen molar-refractivity contribution in [2.24, 2.45) is 0 Å². The van der Waals surface area contributed by atoms with E-state index in [1.165, 1.54) is 6.07 Å². The molecule has 2 aromatic rings. The molecule has 1 aromatic heterocycles. The van der Waals surface area contributed by atoms with Crippen LogP contribution in [-0.2, 0) is 6.54 Å². The van der Waals surface area contributed by atoms with Crippen molar-refractivity contribution in [1.82, 2.24) is 10.3 Å². The molecule has 20 heavy (non-hydrogen) atoms. The summed E-state index contributed by atoms with van der Waals surface area (Å²) in [6.07, 6.45) is 1.59. The first kappa shape index (κ1) is 13.6. The van der Waals surface area contributed by atoms with Gasteiger partial charge in [-0.2, -0.15) is 4.39 Å². The summed E-state index contributed by atoms with van der Waals surface area (Å²) >= 11 is 0. The summed E-state index contributed by atoms with van der Waals surface area (Å²) in [7, 11) is 0.